The van der Waals surface area contributed by atoms with Crippen molar-refractivity contribution in [2.24, 2.45) is 0 Å². The van der Waals surface area contributed by atoms with E-state index < -0.39 is 0 Å². The van der Waals surface area contributed by atoms with Gasteiger partial charge >= 0.3 is 0 Å². The summed E-state index contributed by atoms with van der Waals surface area (Å²) in [6.07, 6.45) is 1.67. The van der Waals surface area contributed by atoms with E-state index in [1.807, 2.05) is 30.3 Å². The minimum absolute atomic E-state index is 0. The highest BCUT2D eigenvalue weighted by molar-refractivity contribution is 6.33. The van der Waals surface area contributed by atoms with Crippen LogP contribution in [0.1, 0.15) is 0 Å². The molecule has 0 spiro atoms. The molecule has 7 heteroatoms. The van der Waals surface area contributed by atoms with E-state index in [2.05, 4.69) is 15.3 Å². The summed E-state index contributed by atoms with van der Waals surface area (Å²) in [5, 5.41) is 7.74. The van der Waals surface area contributed by atoms with Gasteiger partial charge < -0.3 is 10.2 Å². The standard InChI is InChI=1S/C14H15ClN4O.ClH/c15-13-12(18-8-6-16-7-9-18)10-17-19(14(13)20)11-4-2-1-3-5-11;/h1-5,10,16H,6-9H2;1H. The highest BCUT2D eigenvalue weighted by Crippen LogP contribution is 2.21. The van der Waals surface area contributed by atoms with Gasteiger partial charge in [0.15, 0.2) is 0 Å². The van der Waals surface area contributed by atoms with Crippen LogP contribution in [0.4, 0.5) is 5.69 Å². The first kappa shape index (κ1) is 15.8. The molecule has 1 aromatic carbocycles. The number of hydrogen-bond donors (Lipinski definition) is 1. The van der Waals surface area contributed by atoms with Crippen LogP contribution in [0.15, 0.2) is 41.3 Å². The maximum Gasteiger partial charge on any atom is 0.292 e. The maximum absolute atomic E-state index is 12.4. The number of anilines is 1. The monoisotopic (exact) mass is 326 g/mol. The van der Waals surface area contributed by atoms with Crippen LogP contribution in [0, 0.1) is 0 Å². The van der Waals surface area contributed by atoms with Gasteiger partial charge in [0.1, 0.15) is 5.02 Å². The van der Waals surface area contributed by atoms with Crippen molar-refractivity contribution in [1.29, 1.82) is 0 Å². The highest BCUT2D eigenvalue weighted by atomic mass is 35.5. The van der Waals surface area contributed by atoms with E-state index in [1.165, 1.54) is 4.68 Å². The van der Waals surface area contributed by atoms with Crippen LogP contribution < -0.4 is 15.8 Å². The fourth-order valence-electron chi connectivity index (χ4n) is 2.30. The second kappa shape index (κ2) is 6.93. The lowest BCUT2D eigenvalue weighted by Crippen LogP contribution is -2.44. The van der Waals surface area contributed by atoms with Crippen molar-refractivity contribution in [2.75, 3.05) is 31.1 Å². The number of aromatic nitrogens is 2. The number of halogens is 2. The number of nitrogens with one attached hydrogen (secondary N) is 1. The molecule has 1 fully saturated rings. The highest BCUT2D eigenvalue weighted by Gasteiger charge is 2.17. The van der Waals surface area contributed by atoms with Crippen LogP contribution in [0.2, 0.25) is 5.02 Å². The number of hydrogen-bond acceptors (Lipinski definition) is 4. The van der Waals surface area contributed by atoms with Gasteiger partial charge in [-0.05, 0) is 12.1 Å². The van der Waals surface area contributed by atoms with Crippen molar-refractivity contribution in [2.45, 2.75) is 0 Å². The van der Waals surface area contributed by atoms with Gasteiger partial charge in [0.05, 0.1) is 17.6 Å². The molecule has 1 aromatic heterocycles. The Bertz CT molecular complexity index is 654. The van der Waals surface area contributed by atoms with E-state index in [0.717, 1.165) is 26.2 Å². The third kappa shape index (κ3) is 3.20. The zero-order valence-electron chi connectivity index (χ0n) is 11.3. The Balaban J connectivity index is 0.00000161. The first-order valence-corrected chi connectivity index (χ1v) is 6.94. The lowest BCUT2D eigenvalue weighted by atomic mass is 10.3. The minimum atomic E-state index is -0.283. The minimum Gasteiger partial charge on any atom is -0.366 e. The number of nitrogens with zero attached hydrogens (tertiary/aromatic N) is 3. The van der Waals surface area contributed by atoms with Gasteiger partial charge in [-0.3, -0.25) is 4.79 Å². The lowest BCUT2D eigenvalue weighted by molar-refractivity contribution is 0.587. The van der Waals surface area contributed by atoms with Crippen molar-refractivity contribution >= 4 is 29.7 Å². The number of piperazine rings is 1. The van der Waals surface area contributed by atoms with Crippen LogP contribution in [-0.4, -0.2) is 36.0 Å². The summed E-state index contributed by atoms with van der Waals surface area (Å²) in [7, 11) is 0. The van der Waals surface area contributed by atoms with Crippen molar-refractivity contribution in [3.63, 3.8) is 0 Å². The molecule has 2 aromatic rings. The Hall–Kier alpha value is -1.56. The molecular weight excluding hydrogens is 311 g/mol. The first-order valence-electron chi connectivity index (χ1n) is 6.56. The largest absolute Gasteiger partial charge is 0.366 e. The van der Waals surface area contributed by atoms with Crippen LogP contribution in [0.25, 0.3) is 5.69 Å². The van der Waals surface area contributed by atoms with Crippen molar-refractivity contribution in [3.05, 3.63) is 51.9 Å². The van der Waals surface area contributed by atoms with Gasteiger partial charge in [0, 0.05) is 26.2 Å². The smallest absolute Gasteiger partial charge is 0.292 e. The van der Waals surface area contributed by atoms with Gasteiger partial charge in [-0.2, -0.15) is 9.78 Å². The summed E-state index contributed by atoms with van der Waals surface area (Å²) in [6, 6.07) is 9.28. The molecule has 5 nitrogen and oxygen atoms in total. The zero-order valence-corrected chi connectivity index (χ0v) is 12.9. The first-order chi connectivity index (χ1) is 9.77. The molecule has 0 saturated carbocycles. The van der Waals surface area contributed by atoms with Crippen molar-refractivity contribution in [3.8, 4) is 5.69 Å². The second-order valence-electron chi connectivity index (χ2n) is 4.63. The van der Waals surface area contributed by atoms with Crippen LogP contribution in [0.5, 0.6) is 0 Å². The predicted octanol–water partition coefficient (Wildman–Crippen LogP) is 1.72. The molecule has 2 heterocycles. The van der Waals surface area contributed by atoms with E-state index >= 15 is 0 Å². The summed E-state index contributed by atoms with van der Waals surface area (Å²) >= 11 is 6.25. The molecule has 3 rings (SSSR count). The molecular formula is C14H16Cl2N4O. The molecule has 0 radical (unpaired) electrons. The summed E-state index contributed by atoms with van der Waals surface area (Å²) in [6.45, 7) is 3.43. The fraction of sp³-hybridized carbons (Fsp3) is 0.286. The average molecular weight is 327 g/mol. The Labute approximate surface area is 133 Å². The number of benzene rings is 1. The van der Waals surface area contributed by atoms with E-state index in [-0.39, 0.29) is 23.0 Å². The second-order valence-corrected chi connectivity index (χ2v) is 5.01. The van der Waals surface area contributed by atoms with Crippen molar-refractivity contribution in [1.82, 2.24) is 15.1 Å². The quantitative estimate of drug-likeness (QED) is 0.912. The Morgan fingerprint density at radius 1 is 1.14 bits per heavy atom. The lowest BCUT2D eigenvalue weighted by Gasteiger charge is -2.29. The summed E-state index contributed by atoms with van der Waals surface area (Å²) in [5.74, 6) is 0. The van der Waals surface area contributed by atoms with Crippen LogP contribution >= 0.6 is 24.0 Å². The Kier molecular flexibility index (Phi) is 5.22. The van der Waals surface area contributed by atoms with Gasteiger partial charge in [0.2, 0.25) is 0 Å². The number of para-hydroxylation sites is 1. The molecule has 0 unspecified atom stereocenters. The molecule has 1 aliphatic heterocycles. The van der Waals surface area contributed by atoms with Crippen molar-refractivity contribution < 1.29 is 0 Å². The third-order valence-electron chi connectivity index (χ3n) is 3.36. The SMILES string of the molecule is Cl.O=c1c(Cl)c(N2CCNCC2)cnn1-c1ccccc1. The molecule has 1 saturated heterocycles. The molecule has 1 aliphatic rings. The Morgan fingerprint density at radius 3 is 2.48 bits per heavy atom. The molecule has 112 valence electrons. The molecule has 0 aliphatic carbocycles. The summed E-state index contributed by atoms with van der Waals surface area (Å²) < 4.78 is 1.33. The molecule has 0 amide bonds. The van der Waals surface area contributed by atoms with E-state index in [9.17, 15) is 4.79 Å². The predicted molar refractivity (Wildman–Crippen MR) is 87.2 cm³/mol. The van der Waals surface area contributed by atoms with Gasteiger partial charge in [0.25, 0.3) is 5.56 Å². The normalized spacial score (nSPS) is 14.6. The zero-order chi connectivity index (χ0) is 13.9. The Morgan fingerprint density at radius 2 is 1.81 bits per heavy atom. The van der Waals surface area contributed by atoms with Crippen LogP contribution in [0.3, 0.4) is 0 Å². The molecule has 0 bridgehead atoms. The van der Waals surface area contributed by atoms with E-state index in [1.54, 1.807) is 6.20 Å². The number of rotatable bonds is 2. The topological polar surface area (TPSA) is 50.2 Å². The average Bonchev–Trinajstić information content (AvgIpc) is 2.52. The van der Waals surface area contributed by atoms with Gasteiger partial charge in [-0.15, -0.1) is 12.4 Å². The maximum atomic E-state index is 12.4. The van der Waals surface area contributed by atoms with Gasteiger partial charge in [-0.1, -0.05) is 29.8 Å². The van der Waals surface area contributed by atoms with E-state index in [4.69, 9.17) is 11.6 Å². The van der Waals surface area contributed by atoms with E-state index in [0.29, 0.717) is 11.4 Å². The van der Waals surface area contributed by atoms with Crippen LogP contribution in [-0.2, 0) is 0 Å². The molecule has 21 heavy (non-hydrogen) atoms. The summed E-state index contributed by atoms with van der Waals surface area (Å²) in [4.78, 5) is 14.4. The third-order valence-corrected chi connectivity index (χ3v) is 3.71. The van der Waals surface area contributed by atoms with Gasteiger partial charge in [-0.25, -0.2) is 0 Å². The fourth-order valence-corrected chi connectivity index (χ4v) is 2.55. The molecule has 1 N–H and O–H groups in total. The summed E-state index contributed by atoms with van der Waals surface area (Å²) in [5.41, 5.74) is 1.14. The molecule has 0 atom stereocenters.